The Morgan fingerprint density at radius 1 is 1.12 bits per heavy atom. The Balaban J connectivity index is 1.99. The van der Waals surface area contributed by atoms with E-state index in [-0.39, 0.29) is 16.4 Å². The van der Waals surface area contributed by atoms with Crippen LogP contribution in [-0.2, 0) is 0 Å². The summed E-state index contributed by atoms with van der Waals surface area (Å²) < 4.78 is 14.6. The Morgan fingerprint density at radius 2 is 1.81 bits per heavy atom. The van der Waals surface area contributed by atoms with E-state index in [4.69, 9.17) is 23.2 Å². The lowest BCUT2D eigenvalue weighted by Crippen LogP contribution is -2.27. The van der Waals surface area contributed by atoms with Crippen LogP contribution in [0.5, 0.6) is 0 Å². The molecule has 2 aromatic carbocycles. The fraction of sp³-hybridized carbons (Fsp3) is 0.0556. The zero-order valence-electron chi connectivity index (χ0n) is 13.5. The quantitative estimate of drug-likeness (QED) is 0.725. The molecule has 3 rings (SSSR count). The first-order valence-electron chi connectivity index (χ1n) is 7.48. The molecule has 3 aromatic rings. The van der Waals surface area contributed by atoms with E-state index in [0.717, 1.165) is 12.1 Å². The molecule has 1 N–H and O–H groups in total. The summed E-state index contributed by atoms with van der Waals surface area (Å²) in [6.07, 6.45) is 0. The summed E-state index contributed by atoms with van der Waals surface area (Å²) in [5.41, 5.74) is 0.515. The average Bonchev–Trinajstić information content (AvgIpc) is 2.58. The number of carbonyl (C=O) groups excluding carboxylic acids is 1. The first kappa shape index (κ1) is 18.1. The van der Waals surface area contributed by atoms with E-state index in [2.05, 4.69) is 10.4 Å². The molecule has 0 aliphatic carbocycles. The molecule has 1 aromatic heterocycles. The van der Waals surface area contributed by atoms with Gasteiger partial charge in [0.1, 0.15) is 5.82 Å². The molecule has 0 bridgehead atoms. The number of halogens is 3. The van der Waals surface area contributed by atoms with Crippen molar-refractivity contribution >= 4 is 34.8 Å². The van der Waals surface area contributed by atoms with Gasteiger partial charge in [-0.15, -0.1) is 0 Å². The molecule has 0 spiro atoms. The SMILES string of the molecule is Cc1cc(=O)c(C(=O)Nc2ccc(F)cc2Cl)nn1-c1ccc(Cl)cc1. The molecule has 1 heterocycles. The van der Waals surface area contributed by atoms with Crippen molar-refractivity contribution in [1.29, 1.82) is 0 Å². The minimum atomic E-state index is -0.744. The number of aryl methyl sites for hydroxylation is 1. The molecule has 1 amide bonds. The predicted molar refractivity (Wildman–Crippen MR) is 98.9 cm³/mol. The van der Waals surface area contributed by atoms with Gasteiger partial charge in [0.15, 0.2) is 5.69 Å². The second-order valence-corrected chi connectivity index (χ2v) is 6.31. The van der Waals surface area contributed by atoms with Crippen LogP contribution >= 0.6 is 23.2 Å². The summed E-state index contributed by atoms with van der Waals surface area (Å²) in [6.45, 7) is 1.70. The minimum absolute atomic E-state index is 0.0171. The molecular weight excluding hydrogens is 380 g/mol. The van der Waals surface area contributed by atoms with Crippen LogP contribution in [0.25, 0.3) is 5.69 Å². The highest BCUT2D eigenvalue weighted by Crippen LogP contribution is 2.22. The highest BCUT2D eigenvalue weighted by molar-refractivity contribution is 6.33. The van der Waals surface area contributed by atoms with Crippen LogP contribution < -0.4 is 10.7 Å². The Labute approximate surface area is 158 Å². The number of carbonyl (C=O) groups is 1. The van der Waals surface area contributed by atoms with Crippen molar-refractivity contribution in [2.75, 3.05) is 5.32 Å². The van der Waals surface area contributed by atoms with Gasteiger partial charge in [-0.25, -0.2) is 9.07 Å². The van der Waals surface area contributed by atoms with E-state index in [1.165, 1.54) is 16.8 Å². The maximum atomic E-state index is 13.1. The Kier molecular flexibility index (Phi) is 5.06. The van der Waals surface area contributed by atoms with Crippen LogP contribution in [0.2, 0.25) is 10.0 Å². The normalized spacial score (nSPS) is 10.6. The van der Waals surface area contributed by atoms with Gasteiger partial charge < -0.3 is 5.32 Å². The predicted octanol–water partition coefficient (Wildman–Crippen LogP) is 4.24. The molecule has 132 valence electrons. The van der Waals surface area contributed by atoms with Crippen molar-refractivity contribution in [2.24, 2.45) is 0 Å². The largest absolute Gasteiger partial charge is 0.319 e. The summed E-state index contributed by atoms with van der Waals surface area (Å²) in [6, 6.07) is 11.6. The Morgan fingerprint density at radius 3 is 2.46 bits per heavy atom. The second kappa shape index (κ2) is 7.27. The highest BCUT2D eigenvalue weighted by atomic mass is 35.5. The third-order valence-electron chi connectivity index (χ3n) is 3.57. The van der Waals surface area contributed by atoms with E-state index in [9.17, 15) is 14.0 Å². The fourth-order valence-electron chi connectivity index (χ4n) is 2.32. The number of hydrogen-bond acceptors (Lipinski definition) is 3. The van der Waals surface area contributed by atoms with Crippen LogP contribution in [0.4, 0.5) is 10.1 Å². The lowest BCUT2D eigenvalue weighted by molar-refractivity contribution is 0.101. The topological polar surface area (TPSA) is 64.0 Å². The van der Waals surface area contributed by atoms with Crippen molar-refractivity contribution in [3.8, 4) is 5.69 Å². The van der Waals surface area contributed by atoms with E-state index in [0.29, 0.717) is 16.4 Å². The third-order valence-corrected chi connectivity index (χ3v) is 4.14. The maximum Gasteiger partial charge on any atom is 0.280 e. The van der Waals surface area contributed by atoms with E-state index in [1.807, 2.05) is 0 Å². The molecule has 0 atom stereocenters. The molecule has 0 radical (unpaired) electrons. The number of hydrogen-bond donors (Lipinski definition) is 1. The summed E-state index contributed by atoms with van der Waals surface area (Å²) >= 11 is 11.8. The minimum Gasteiger partial charge on any atom is -0.319 e. The standard InChI is InChI=1S/C18H12Cl2FN3O2/c1-10-8-16(25)17(23-24(10)13-5-2-11(19)3-6-13)18(26)22-15-7-4-12(21)9-14(15)20/h2-9H,1H3,(H,22,26). The average molecular weight is 392 g/mol. The van der Waals surface area contributed by atoms with Gasteiger partial charge in [-0.1, -0.05) is 23.2 Å². The van der Waals surface area contributed by atoms with Crippen LogP contribution in [0.3, 0.4) is 0 Å². The maximum absolute atomic E-state index is 13.1. The monoisotopic (exact) mass is 391 g/mol. The molecule has 0 saturated carbocycles. The van der Waals surface area contributed by atoms with Crippen molar-refractivity contribution in [2.45, 2.75) is 6.92 Å². The molecule has 0 unspecified atom stereocenters. The van der Waals surface area contributed by atoms with Crippen LogP contribution in [-0.4, -0.2) is 15.7 Å². The first-order chi connectivity index (χ1) is 12.3. The van der Waals surface area contributed by atoms with Crippen LogP contribution in [0.1, 0.15) is 16.2 Å². The molecule has 0 aliphatic heterocycles. The number of aromatic nitrogens is 2. The van der Waals surface area contributed by atoms with Gasteiger partial charge in [0.25, 0.3) is 5.91 Å². The van der Waals surface area contributed by atoms with Gasteiger partial charge in [-0.2, -0.15) is 5.10 Å². The summed E-state index contributed by atoms with van der Waals surface area (Å²) in [4.78, 5) is 24.7. The van der Waals surface area contributed by atoms with Gasteiger partial charge in [-0.3, -0.25) is 9.59 Å². The van der Waals surface area contributed by atoms with E-state index < -0.39 is 17.2 Å². The smallest absolute Gasteiger partial charge is 0.280 e. The number of anilines is 1. The fourth-order valence-corrected chi connectivity index (χ4v) is 2.66. The molecule has 0 aliphatic rings. The van der Waals surface area contributed by atoms with Gasteiger partial charge in [0.2, 0.25) is 5.43 Å². The highest BCUT2D eigenvalue weighted by Gasteiger charge is 2.17. The van der Waals surface area contributed by atoms with Crippen LogP contribution in [0.15, 0.2) is 53.3 Å². The van der Waals surface area contributed by atoms with Crippen molar-refractivity contribution in [3.05, 3.63) is 86.0 Å². The van der Waals surface area contributed by atoms with Gasteiger partial charge in [0.05, 0.1) is 16.4 Å². The number of benzene rings is 2. The summed E-state index contributed by atoms with van der Waals surface area (Å²) in [5, 5.41) is 7.18. The lowest BCUT2D eigenvalue weighted by Gasteiger charge is -2.12. The van der Waals surface area contributed by atoms with Crippen molar-refractivity contribution in [1.82, 2.24) is 9.78 Å². The molecule has 5 nitrogen and oxygen atoms in total. The van der Waals surface area contributed by atoms with Gasteiger partial charge in [0, 0.05) is 16.8 Å². The number of nitrogens with one attached hydrogen (secondary N) is 1. The molecule has 26 heavy (non-hydrogen) atoms. The lowest BCUT2D eigenvalue weighted by atomic mass is 10.2. The summed E-state index contributed by atoms with van der Waals surface area (Å²) in [5.74, 6) is -1.28. The van der Waals surface area contributed by atoms with E-state index >= 15 is 0 Å². The zero-order valence-corrected chi connectivity index (χ0v) is 15.0. The van der Waals surface area contributed by atoms with Crippen molar-refractivity contribution < 1.29 is 9.18 Å². The van der Waals surface area contributed by atoms with E-state index in [1.54, 1.807) is 31.2 Å². The van der Waals surface area contributed by atoms with Gasteiger partial charge in [-0.05, 0) is 49.4 Å². The Hall–Kier alpha value is -2.70. The summed E-state index contributed by atoms with van der Waals surface area (Å²) in [7, 11) is 0. The number of nitrogens with zero attached hydrogens (tertiary/aromatic N) is 2. The first-order valence-corrected chi connectivity index (χ1v) is 8.24. The second-order valence-electron chi connectivity index (χ2n) is 5.47. The van der Waals surface area contributed by atoms with Crippen molar-refractivity contribution in [3.63, 3.8) is 0 Å². The van der Waals surface area contributed by atoms with Gasteiger partial charge >= 0.3 is 0 Å². The third kappa shape index (κ3) is 3.76. The molecular formula is C18H12Cl2FN3O2. The Bertz CT molecular complexity index is 1050. The molecule has 0 fully saturated rings. The van der Waals surface area contributed by atoms with Crippen LogP contribution in [0, 0.1) is 12.7 Å². The zero-order chi connectivity index (χ0) is 18.8. The number of amides is 1. The molecule has 0 saturated heterocycles. The number of rotatable bonds is 3. The molecule has 8 heteroatoms.